The molecule has 0 saturated carbocycles. The molecule has 0 fully saturated rings. The number of hydrogen-bond acceptors (Lipinski definition) is 5. The van der Waals surface area contributed by atoms with Gasteiger partial charge in [0.25, 0.3) is 11.2 Å². The van der Waals surface area contributed by atoms with Gasteiger partial charge in [-0.25, -0.2) is 0 Å². The third-order valence-electron chi connectivity index (χ3n) is 3.28. The molecule has 0 bridgehead atoms. The van der Waals surface area contributed by atoms with Crippen LogP contribution in [0.15, 0.2) is 47.7 Å². The van der Waals surface area contributed by atoms with E-state index in [2.05, 4.69) is 4.98 Å². The smallest absolute Gasteiger partial charge is 0.286 e. The lowest BCUT2D eigenvalue weighted by molar-refractivity contribution is -0.385. The minimum atomic E-state index is -0.645. The Labute approximate surface area is 125 Å². The van der Waals surface area contributed by atoms with Crippen molar-refractivity contribution in [3.05, 3.63) is 68.9 Å². The molecule has 1 aliphatic rings. The average Bonchev–Trinajstić information content (AvgIpc) is 2.45. The molecule has 0 unspecified atom stereocenters. The number of fused-ring (bicyclic) bond motifs is 1. The Hall–Kier alpha value is -2.96. The molecule has 7 heteroatoms. The summed E-state index contributed by atoms with van der Waals surface area (Å²) in [6.45, 7) is 3.69. The van der Waals surface area contributed by atoms with Gasteiger partial charge in [-0.3, -0.25) is 24.5 Å². The van der Waals surface area contributed by atoms with E-state index >= 15 is 0 Å². The topological polar surface area (TPSA) is 87.3 Å². The maximum Gasteiger partial charge on any atom is 0.286 e. The molecule has 2 aromatic rings. The quantitative estimate of drug-likeness (QED) is 0.626. The first-order valence-electron chi connectivity index (χ1n) is 6.61. The van der Waals surface area contributed by atoms with E-state index in [4.69, 9.17) is 4.74 Å². The van der Waals surface area contributed by atoms with Gasteiger partial charge in [-0.1, -0.05) is 0 Å². The van der Waals surface area contributed by atoms with Crippen LogP contribution in [-0.2, 0) is 0 Å². The number of hydrogen-bond donors (Lipinski definition) is 0. The van der Waals surface area contributed by atoms with Crippen LogP contribution < -0.4 is 10.3 Å². The highest BCUT2D eigenvalue weighted by Crippen LogP contribution is 2.35. The second kappa shape index (κ2) is 4.80. The largest absolute Gasteiger partial charge is 0.483 e. The first kappa shape index (κ1) is 14.0. The predicted octanol–water partition coefficient (Wildman–Crippen LogP) is 2.21. The molecule has 0 spiro atoms. The van der Waals surface area contributed by atoms with Gasteiger partial charge in [0.1, 0.15) is 11.4 Å². The van der Waals surface area contributed by atoms with Crippen molar-refractivity contribution in [1.29, 1.82) is 0 Å². The standard InChI is InChI=1S/C15H13N3O4/c1-15(2)7-12(11-8-16-6-5-13(11)22-15)17-9-10(18(20)21)3-4-14(17)19/h3-9H,1-2H3. The molecule has 0 aliphatic carbocycles. The van der Waals surface area contributed by atoms with Crippen molar-refractivity contribution < 1.29 is 9.66 Å². The molecular formula is C15H13N3O4. The minimum Gasteiger partial charge on any atom is -0.483 e. The second-order valence-corrected chi connectivity index (χ2v) is 5.46. The van der Waals surface area contributed by atoms with Gasteiger partial charge < -0.3 is 4.74 Å². The van der Waals surface area contributed by atoms with Crippen molar-refractivity contribution in [1.82, 2.24) is 9.55 Å². The van der Waals surface area contributed by atoms with Gasteiger partial charge in [-0.15, -0.1) is 0 Å². The van der Waals surface area contributed by atoms with Crippen LogP contribution in [0.4, 0.5) is 5.69 Å². The van der Waals surface area contributed by atoms with E-state index in [0.29, 0.717) is 17.0 Å². The molecule has 112 valence electrons. The lowest BCUT2D eigenvalue weighted by Gasteiger charge is -2.31. The summed E-state index contributed by atoms with van der Waals surface area (Å²) in [6.07, 6.45) is 6.13. The lowest BCUT2D eigenvalue weighted by Crippen LogP contribution is -2.32. The first-order chi connectivity index (χ1) is 10.4. The highest BCUT2D eigenvalue weighted by Gasteiger charge is 2.28. The Bertz CT molecular complexity index is 852. The van der Waals surface area contributed by atoms with Crippen LogP contribution in [0.1, 0.15) is 19.4 Å². The third-order valence-corrected chi connectivity index (χ3v) is 3.28. The van der Waals surface area contributed by atoms with Gasteiger partial charge >= 0.3 is 0 Å². The number of aromatic nitrogens is 2. The summed E-state index contributed by atoms with van der Waals surface area (Å²) in [6, 6.07) is 4.07. The van der Waals surface area contributed by atoms with E-state index in [1.165, 1.54) is 22.9 Å². The van der Waals surface area contributed by atoms with Crippen molar-refractivity contribution >= 4 is 11.4 Å². The molecule has 0 N–H and O–H groups in total. The summed E-state index contributed by atoms with van der Waals surface area (Å²) >= 11 is 0. The molecule has 0 aromatic carbocycles. The summed E-state index contributed by atoms with van der Waals surface area (Å²) < 4.78 is 7.08. The van der Waals surface area contributed by atoms with E-state index < -0.39 is 10.5 Å². The summed E-state index contributed by atoms with van der Waals surface area (Å²) in [7, 11) is 0. The normalized spacial score (nSPS) is 15.5. The van der Waals surface area contributed by atoms with Crippen LogP contribution in [0.3, 0.4) is 0 Å². The number of nitro groups is 1. The van der Waals surface area contributed by atoms with Gasteiger partial charge in [-0.05, 0) is 26.0 Å². The maximum absolute atomic E-state index is 12.2. The van der Waals surface area contributed by atoms with Crippen LogP contribution >= 0.6 is 0 Å². The molecule has 3 rings (SSSR count). The van der Waals surface area contributed by atoms with E-state index in [1.54, 1.807) is 24.5 Å². The molecule has 2 aromatic heterocycles. The average molecular weight is 299 g/mol. The predicted molar refractivity (Wildman–Crippen MR) is 79.7 cm³/mol. The Kier molecular flexibility index (Phi) is 3.05. The van der Waals surface area contributed by atoms with Gasteiger partial charge in [-0.2, -0.15) is 0 Å². The van der Waals surface area contributed by atoms with Crippen LogP contribution in [0, 0.1) is 10.1 Å². The molecule has 22 heavy (non-hydrogen) atoms. The van der Waals surface area contributed by atoms with E-state index in [-0.39, 0.29) is 11.2 Å². The molecular weight excluding hydrogens is 286 g/mol. The van der Waals surface area contributed by atoms with Crippen molar-refractivity contribution in [2.75, 3.05) is 0 Å². The highest BCUT2D eigenvalue weighted by molar-refractivity contribution is 5.73. The molecule has 0 atom stereocenters. The second-order valence-electron chi connectivity index (χ2n) is 5.46. The zero-order valence-electron chi connectivity index (χ0n) is 12.0. The molecule has 0 saturated heterocycles. The Morgan fingerprint density at radius 2 is 2.09 bits per heavy atom. The fraction of sp³-hybridized carbons (Fsp3) is 0.200. The van der Waals surface area contributed by atoms with Crippen LogP contribution in [0.5, 0.6) is 5.75 Å². The number of rotatable bonds is 2. The Balaban J connectivity index is 2.26. The fourth-order valence-electron chi connectivity index (χ4n) is 2.35. The SMILES string of the molecule is CC1(C)C=C(n2cc([N+](=O)[O-])ccc2=O)c2cnccc2O1. The molecule has 3 heterocycles. The zero-order chi connectivity index (χ0) is 15.9. The molecule has 7 nitrogen and oxygen atoms in total. The summed E-state index contributed by atoms with van der Waals surface area (Å²) in [4.78, 5) is 26.6. The van der Waals surface area contributed by atoms with Gasteiger partial charge in [0.2, 0.25) is 0 Å². The van der Waals surface area contributed by atoms with Crippen molar-refractivity contribution in [3.8, 4) is 5.75 Å². The molecule has 0 amide bonds. The highest BCUT2D eigenvalue weighted by atomic mass is 16.6. The maximum atomic E-state index is 12.2. The fourth-order valence-corrected chi connectivity index (χ4v) is 2.35. The van der Waals surface area contributed by atoms with Crippen LogP contribution in [0.2, 0.25) is 0 Å². The van der Waals surface area contributed by atoms with Gasteiger partial charge in [0.15, 0.2) is 0 Å². The number of pyridine rings is 2. The van der Waals surface area contributed by atoms with Crippen LogP contribution in [-0.4, -0.2) is 20.1 Å². The lowest BCUT2D eigenvalue weighted by atomic mass is 10.0. The third kappa shape index (κ3) is 2.37. The number of nitrogens with zero attached hydrogens (tertiary/aromatic N) is 3. The Morgan fingerprint density at radius 1 is 1.32 bits per heavy atom. The summed E-state index contributed by atoms with van der Waals surface area (Å²) in [5, 5.41) is 11.0. The van der Waals surface area contributed by atoms with E-state index in [1.807, 2.05) is 13.8 Å². The summed E-state index contributed by atoms with van der Waals surface area (Å²) in [5.74, 6) is 0.580. The first-order valence-corrected chi connectivity index (χ1v) is 6.61. The minimum absolute atomic E-state index is 0.157. The number of ether oxygens (including phenoxy) is 1. The monoisotopic (exact) mass is 299 g/mol. The van der Waals surface area contributed by atoms with E-state index in [0.717, 1.165) is 0 Å². The van der Waals surface area contributed by atoms with Crippen LogP contribution in [0.25, 0.3) is 5.70 Å². The van der Waals surface area contributed by atoms with Crippen molar-refractivity contribution in [2.45, 2.75) is 19.4 Å². The van der Waals surface area contributed by atoms with E-state index in [9.17, 15) is 14.9 Å². The van der Waals surface area contributed by atoms with Gasteiger partial charge in [0, 0.05) is 24.5 Å². The van der Waals surface area contributed by atoms with Crippen molar-refractivity contribution in [3.63, 3.8) is 0 Å². The molecule has 0 radical (unpaired) electrons. The Morgan fingerprint density at radius 3 is 2.82 bits per heavy atom. The summed E-state index contributed by atoms with van der Waals surface area (Å²) in [5.41, 5.74) is -0.0228. The molecule has 1 aliphatic heterocycles. The van der Waals surface area contributed by atoms with Crippen molar-refractivity contribution in [2.24, 2.45) is 0 Å². The van der Waals surface area contributed by atoms with Gasteiger partial charge in [0.05, 0.1) is 22.4 Å². The zero-order valence-corrected chi connectivity index (χ0v) is 12.0.